The molecule has 1 amide bonds. The number of likely N-dealkylation sites (tertiary alicyclic amines) is 1. The normalized spacial score (nSPS) is 16.3. The summed E-state index contributed by atoms with van der Waals surface area (Å²) in [6.45, 7) is 2.20. The van der Waals surface area contributed by atoms with Gasteiger partial charge in [0.05, 0.1) is 12.2 Å². The summed E-state index contributed by atoms with van der Waals surface area (Å²) in [4.78, 5) is 24.6. The van der Waals surface area contributed by atoms with Crippen molar-refractivity contribution in [2.24, 2.45) is 0 Å². The van der Waals surface area contributed by atoms with Gasteiger partial charge in [0.1, 0.15) is 0 Å². The fraction of sp³-hybridized carbons (Fsp3) is 0.500. The Labute approximate surface area is 132 Å². The van der Waals surface area contributed by atoms with E-state index in [9.17, 15) is 22.8 Å². The van der Waals surface area contributed by atoms with Crippen molar-refractivity contribution in [3.05, 3.63) is 35.4 Å². The maximum atomic E-state index is 13.1. The summed E-state index contributed by atoms with van der Waals surface area (Å²) in [5.74, 6) is -1.92. The van der Waals surface area contributed by atoms with Gasteiger partial charge in [0.15, 0.2) is 0 Å². The number of ether oxygens (including phenoxy) is 1. The topological polar surface area (TPSA) is 46.6 Å². The number of hydrogen-bond donors (Lipinski definition) is 0. The van der Waals surface area contributed by atoms with E-state index in [2.05, 4.69) is 4.74 Å². The maximum absolute atomic E-state index is 13.1. The van der Waals surface area contributed by atoms with Gasteiger partial charge in [-0.05, 0) is 37.3 Å². The van der Waals surface area contributed by atoms with Gasteiger partial charge in [-0.15, -0.1) is 0 Å². The minimum atomic E-state index is -4.39. The predicted molar refractivity (Wildman–Crippen MR) is 76.6 cm³/mol. The van der Waals surface area contributed by atoms with Gasteiger partial charge in [0.25, 0.3) is 0 Å². The highest BCUT2D eigenvalue weighted by Gasteiger charge is 2.36. The van der Waals surface area contributed by atoms with Crippen LogP contribution in [0.4, 0.5) is 13.2 Å². The summed E-state index contributed by atoms with van der Waals surface area (Å²) in [6.07, 6.45) is -3.62. The lowest BCUT2D eigenvalue weighted by Gasteiger charge is -2.32. The Kier molecular flexibility index (Phi) is 5.28. The molecule has 1 fully saturated rings. The first-order valence-electron chi connectivity index (χ1n) is 7.46. The lowest BCUT2D eigenvalue weighted by Crippen LogP contribution is -2.42. The Balaban J connectivity index is 2.06. The Morgan fingerprint density at radius 1 is 1.22 bits per heavy atom. The Hall–Kier alpha value is -2.05. The molecule has 0 aliphatic carbocycles. The van der Waals surface area contributed by atoms with E-state index in [1.54, 1.807) is 13.0 Å². The van der Waals surface area contributed by atoms with E-state index in [1.165, 1.54) is 17.0 Å². The summed E-state index contributed by atoms with van der Waals surface area (Å²) < 4.78 is 43.9. The van der Waals surface area contributed by atoms with Gasteiger partial charge in [-0.2, -0.15) is 13.2 Å². The van der Waals surface area contributed by atoms with Gasteiger partial charge < -0.3 is 9.64 Å². The average molecular weight is 329 g/mol. The molecule has 0 radical (unpaired) electrons. The molecule has 126 valence electrons. The first-order chi connectivity index (χ1) is 10.8. The Morgan fingerprint density at radius 3 is 2.39 bits per heavy atom. The van der Waals surface area contributed by atoms with Crippen LogP contribution in [0, 0.1) is 0 Å². The van der Waals surface area contributed by atoms with E-state index in [4.69, 9.17) is 0 Å². The number of nitrogens with zero attached hydrogens (tertiary/aromatic N) is 1. The number of halogens is 3. The molecule has 1 aliphatic heterocycles. The zero-order valence-electron chi connectivity index (χ0n) is 12.7. The quantitative estimate of drug-likeness (QED) is 0.619. The van der Waals surface area contributed by atoms with E-state index in [0.29, 0.717) is 12.8 Å². The van der Waals surface area contributed by atoms with Crippen molar-refractivity contribution in [1.29, 1.82) is 0 Å². The number of hydrogen-bond acceptors (Lipinski definition) is 3. The number of amides is 1. The maximum Gasteiger partial charge on any atom is 0.416 e. The van der Waals surface area contributed by atoms with Crippen molar-refractivity contribution >= 4 is 11.9 Å². The minimum Gasteiger partial charge on any atom is -0.459 e. The van der Waals surface area contributed by atoms with Crippen molar-refractivity contribution in [2.45, 2.75) is 31.9 Å². The molecule has 2 rings (SSSR count). The third-order valence-corrected chi connectivity index (χ3v) is 3.94. The number of esters is 1. The second-order valence-corrected chi connectivity index (χ2v) is 5.37. The molecule has 23 heavy (non-hydrogen) atoms. The van der Waals surface area contributed by atoms with Gasteiger partial charge in [-0.1, -0.05) is 18.2 Å². The van der Waals surface area contributed by atoms with Gasteiger partial charge >= 0.3 is 18.1 Å². The van der Waals surface area contributed by atoms with Crippen molar-refractivity contribution in [3.8, 4) is 0 Å². The number of benzene rings is 1. The average Bonchev–Trinajstić information content (AvgIpc) is 2.54. The number of rotatable bonds is 2. The van der Waals surface area contributed by atoms with E-state index in [-0.39, 0.29) is 31.2 Å². The molecule has 0 aromatic heterocycles. The molecular weight excluding hydrogens is 311 g/mol. The second kappa shape index (κ2) is 7.02. The molecule has 0 unspecified atom stereocenters. The lowest BCUT2D eigenvalue weighted by molar-refractivity contribution is -0.160. The van der Waals surface area contributed by atoms with Crippen LogP contribution in [0.2, 0.25) is 0 Å². The van der Waals surface area contributed by atoms with Crippen molar-refractivity contribution in [3.63, 3.8) is 0 Å². The van der Waals surface area contributed by atoms with Crippen LogP contribution in [0.5, 0.6) is 0 Å². The van der Waals surface area contributed by atoms with Crippen molar-refractivity contribution in [2.75, 3.05) is 19.7 Å². The highest BCUT2D eigenvalue weighted by atomic mass is 19.4. The largest absolute Gasteiger partial charge is 0.459 e. The standard InChI is InChI=1S/C16H18F3NO3/c1-2-23-15(22)14(21)20-9-7-11(8-10-20)12-5-3-4-6-13(12)16(17,18)19/h3-6,11H,2,7-10H2,1H3. The van der Waals surface area contributed by atoms with Crippen LogP contribution >= 0.6 is 0 Å². The summed E-state index contributed by atoms with van der Waals surface area (Å²) >= 11 is 0. The highest BCUT2D eigenvalue weighted by Crippen LogP contribution is 2.38. The molecule has 0 saturated carbocycles. The predicted octanol–water partition coefficient (Wildman–Crippen LogP) is 2.97. The number of piperidine rings is 1. The number of alkyl halides is 3. The molecule has 0 atom stereocenters. The zero-order chi connectivity index (χ0) is 17.0. The smallest absolute Gasteiger partial charge is 0.416 e. The fourth-order valence-electron chi connectivity index (χ4n) is 2.83. The van der Waals surface area contributed by atoms with Crippen LogP contribution in [-0.2, 0) is 20.5 Å². The van der Waals surface area contributed by atoms with Gasteiger partial charge in [-0.25, -0.2) is 4.79 Å². The van der Waals surface area contributed by atoms with Gasteiger partial charge in [-0.3, -0.25) is 4.79 Å². The van der Waals surface area contributed by atoms with E-state index in [1.807, 2.05) is 0 Å². The molecular formula is C16H18F3NO3. The van der Waals surface area contributed by atoms with Crippen molar-refractivity contribution < 1.29 is 27.5 Å². The van der Waals surface area contributed by atoms with Crippen LogP contribution in [0.1, 0.15) is 36.8 Å². The first-order valence-corrected chi connectivity index (χ1v) is 7.46. The zero-order valence-corrected chi connectivity index (χ0v) is 12.7. The van der Waals surface area contributed by atoms with Crippen LogP contribution < -0.4 is 0 Å². The molecule has 0 spiro atoms. The summed E-state index contributed by atoms with van der Waals surface area (Å²) in [5.41, 5.74) is -0.376. The minimum absolute atomic E-state index is 0.111. The molecule has 1 aromatic carbocycles. The Bertz CT molecular complexity index is 578. The van der Waals surface area contributed by atoms with E-state index in [0.717, 1.165) is 6.07 Å². The third-order valence-electron chi connectivity index (χ3n) is 3.94. The highest BCUT2D eigenvalue weighted by molar-refractivity contribution is 6.32. The molecule has 0 bridgehead atoms. The van der Waals surface area contributed by atoms with E-state index >= 15 is 0 Å². The molecule has 1 aromatic rings. The molecule has 1 saturated heterocycles. The van der Waals surface area contributed by atoms with Crippen LogP contribution in [-0.4, -0.2) is 36.5 Å². The molecule has 0 N–H and O–H groups in total. The third kappa shape index (κ3) is 4.03. The second-order valence-electron chi connectivity index (χ2n) is 5.37. The van der Waals surface area contributed by atoms with E-state index < -0.39 is 23.6 Å². The monoisotopic (exact) mass is 329 g/mol. The van der Waals surface area contributed by atoms with Gasteiger partial charge in [0.2, 0.25) is 0 Å². The molecule has 7 heteroatoms. The van der Waals surface area contributed by atoms with Gasteiger partial charge in [0, 0.05) is 13.1 Å². The fourth-order valence-corrected chi connectivity index (χ4v) is 2.83. The number of carbonyl (C=O) groups is 2. The van der Waals surface area contributed by atoms with Crippen molar-refractivity contribution in [1.82, 2.24) is 4.90 Å². The SMILES string of the molecule is CCOC(=O)C(=O)N1CCC(c2ccccc2C(F)(F)F)CC1. The van der Waals surface area contributed by atoms with Crippen LogP contribution in [0.15, 0.2) is 24.3 Å². The van der Waals surface area contributed by atoms with Crippen LogP contribution in [0.25, 0.3) is 0 Å². The van der Waals surface area contributed by atoms with Crippen LogP contribution in [0.3, 0.4) is 0 Å². The Morgan fingerprint density at radius 2 is 1.83 bits per heavy atom. The number of carbonyl (C=O) groups excluding carboxylic acids is 2. The summed E-state index contributed by atoms with van der Waals surface area (Å²) in [7, 11) is 0. The first kappa shape index (κ1) is 17.3. The molecule has 1 heterocycles. The summed E-state index contributed by atoms with van der Waals surface area (Å²) in [5, 5.41) is 0. The molecule has 1 aliphatic rings. The lowest BCUT2D eigenvalue weighted by atomic mass is 9.86. The molecule has 4 nitrogen and oxygen atoms in total. The summed E-state index contributed by atoms with van der Waals surface area (Å²) in [6, 6.07) is 5.51.